The number of H-pyrrole nitrogens is 1. The number of allylic oxidation sites excluding steroid dienone is 3. The molecule has 0 radical (unpaired) electrons. The molecule has 224 valence electrons. The lowest BCUT2D eigenvalue weighted by Gasteiger charge is -2.32. The topological polar surface area (TPSA) is 108 Å². The Balaban J connectivity index is 1.62. The summed E-state index contributed by atoms with van der Waals surface area (Å²) < 4.78 is 8.25. The van der Waals surface area contributed by atoms with Gasteiger partial charge in [-0.2, -0.15) is 0 Å². The van der Waals surface area contributed by atoms with Gasteiger partial charge in [-0.05, 0) is 83.5 Å². The second-order valence-electron chi connectivity index (χ2n) is 12.7. The molecule has 1 amide bonds. The number of aromatic nitrogens is 2. The smallest absolute Gasteiger partial charge is 0.279 e. The minimum Gasteiger partial charge on any atom is -0.432 e. The van der Waals surface area contributed by atoms with Gasteiger partial charge in [0, 0.05) is 30.2 Å². The monoisotopic (exact) mass is 589 g/mol. The van der Waals surface area contributed by atoms with E-state index in [1.807, 2.05) is 56.4 Å². The third-order valence-corrected chi connectivity index (χ3v) is 11.4. The number of fused-ring (bicyclic) bond motifs is 3. The summed E-state index contributed by atoms with van der Waals surface area (Å²) in [6, 6.07) is 13.0. The predicted octanol–water partition coefficient (Wildman–Crippen LogP) is 5.54. The first-order valence-corrected chi connectivity index (χ1v) is 17.9. The van der Waals surface area contributed by atoms with Crippen LogP contribution in [-0.2, 0) is 15.1 Å². The Morgan fingerprint density at radius 3 is 2.52 bits per heavy atom. The minimum absolute atomic E-state index is 0.0999. The van der Waals surface area contributed by atoms with Gasteiger partial charge in [-0.25, -0.2) is 4.68 Å². The van der Waals surface area contributed by atoms with Crippen molar-refractivity contribution in [3.8, 4) is 5.69 Å². The van der Waals surface area contributed by atoms with Crippen LogP contribution in [0.3, 0.4) is 0 Å². The third-order valence-electron chi connectivity index (χ3n) is 8.95. The molecule has 0 unspecified atom stereocenters. The maximum Gasteiger partial charge on any atom is 0.279 e. The van der Waals surface area contributed by atoms with E-state index in [1.54, 1.807) is 11.0 Å². The third kappa shape index (κ3) is 5.13. The zero-order chi connectivity index (χ0) is 30.4. The number of rotatable bonds is 9. The van der Waals surface area contributed by atoms with Gasteiger partial charge in [-0.3, -0.25) is 14.7 Å². The Morgan fingerprint density at radius 2 is 1.86 bits per heavy atom. The highest BCUT2D eigenvalue weighted by atomic mass is 28.4. The number of aliphatic hydroxyl groups is 1. The van der Waals surface area contributed by atoms with Crippen molar-refractivity contribution in [3.63, 3.8) is 0 Å². The molecule has 2 aromatic carbocycles. The first-order valence-electron chi connectivity index (χ1n) is 14.9. The fourth-order valence-electron chi connectivity index (χ4n) is 6.96. The molecule has 1 fully saturated rings. The second kappa shape index (κ2) is 11.4. The zero-order valence-corrected chi connectivity index (χ0v) is 26.5. The highest BCUT2D eigenvalue weighted by Crippen LogP contribution is 2.59. The van der Waals surface area contributed by atoms with E-state index in [9.17, 15) is 19.5 Å². The molecular formula is C33H43N3O5Si. The van der Waals surface area contributed by atoms with Crippen LogP contribution in [0.1, 0.15) is 52.5 Å². The summed E-state index contributed by atoms with van der Waals surface area (Å²) in [7, 11) is -2.81. The van der Waals surface area contributed by atoms with Crippen LogP contribution >= 0.6 is 0 Å². The molecule has 1 aromatic heterocycles. The van der Waals surface area contributed by atoms with E-state index in [4.69, 9.17) is 4.74 Å². The van der Waals surface area contributed by atoms with E-state index in [0.717, 1.165) is 24.0 Å². The summed E-state index contributed by atoms with van der Waals surface area (Å²) in [5.74, 6) is -0.502. The molecule has 4 atom stereocenters. The number of nitrogens with one attached hydrogen (secondary N) is 1. The highest BCUT2D eigenvalue weighted by Gasteiger charge is 2.66. The Morgan fingerprint density at radius 1 is 1.12 bits per heavy atom. The molecule has 0 saturated carbocycles. The number of aromatic amines is 1. The fraction of sp³-hybridized carbons (Fsp3) is 0.455. The predicted molar refractivity (Wildman–Crippen MR) is 170 cm³/mol. The van der Waals surface area contributed by atoms with E-state index in [1.165, 1.54) is 15.8 Å². The van der Waals surface area contributed by atoms with Gasteiger partial charge in [0.25, 0.3) is 11.5 Å². The summed E-state index contributed by atoms with van der Waals surface area (Å²) in [5, 5.41) is 13.7. The first-order chi connectivity index (χ1) is 19.9. The van der Waals surface area contributed by atoms with Gasteiger partial charge >= 0.3 is 0 Å². The van der Waals surface area contributed by atoms with Gasteiger partial charge in [0.1, 0.15) is 0 Å². The summed E-state index contributed by atoms with van der Waals surface area (Å²) >= 11 is 0. The number of hydrogen-bond donors (Lipinski definition) is 3. The van der Waals surface area contributed by atoms with E-state index < -0.39 is 20.0 Å². The Bertz CT molecular complexity index is 1610. The van der Waals surface area contributed by atoms with Crippen molar-refractivity contribution >= 4 is 30.8 Å². The van der Waals surface area contributed by atoms with Crippen molar-refractivity contribution in [2.45, 2.75) is 77.3 Å². The van der Waals surface area contributed by atoms with Gasteiger partial charge in [-0.1, -0.05) is 42.4 Å². The molecule has 2 aliphatic rings. The zero-order valence-electron chi connectivity index (χ0n) is 25.5. The summed E-state index contributed by atoms with van der Waals surface area (Å²) in [6.45, 7) is 12.3. The van der Waals surface area contributed by atoms with Crippen LogP contribution in [-0.4, -0.2) is 53.2 Å². The van der Waals surface area contributed by atoms with Crippen LogP contribution in [0.2, 0.25) is 18.6 Å². The average Bonchev–Trinajstić information content (AvgIpc) is 3.50. The van der Waals surface area contributed by atoms with Gasteiger partial charge in [-0.15, -0.1) is 0 Å². The molecule has 3 aromatic rings. The summed E-state index contributed by atoms with van der Waals surface area (Å²) in [6.07, 6.45) is 6.04. The van der Waals surface area contributed by atoms with E-state index in [-0.39, 0.29) is 29.5 Å². The standard InChI is InChI=1S/C33H43N3O5Si/c1-21(2)10-9-11-22(3)16-18-35-28-15-14-24(36-31(38)25-12-7-8-13-27(25)34-36)20-26(28)33(32(35)39)23(4)30(42(5,6)40)29(41-33)17-19-37/h7-8,10,12-16,20,23,29-30,34,37,40H,9,11,17-19H2,1-6H3/b22-16+/t23-,29+,30-,33+/m1/s1. The fourth-order valence-corrected chi connectivity index (χ4v) is 9.56. The van der Waals surface area contributed by atoms with Crippen molar-refractivity contribution in [3.05, 3.63) is 81.7 Å². The van der Waals surface area contributed by atoms with Crippen LogP contribution < -0.4 is 10.5 Å². The quantitative estimate of drug-likeness (QED) is 0.224. The van der Waals surface area contributed by atoms with Crippen LogP contribution in [0.5, 0.6) is 0 Å². The molecule has 1 saturated heterocycles. The maximum absolute atomic E-state index is 14.5. The van der Waals surface area contributed by atoms with Gasteiger partial charge in [0.2, 0.25) is 0 Å². The summed E-state index contributed by atoms with van der Waals surface area (Å²) in [5.41, 5.74) is 3.50. The average molecular weight is 590 g/mol. The van der Waals surface area contributed by atoms with Crippen molar-refractivity contribution in [2.24, 2.45) is 5.92 Å². The van der Waals surface area contributed by atoms with E-state index in [0.29, 0.717) is 29.6 Å². The molecule has 5 rings (SSSR count). The van der Waals surface area contributed by atoms with Crippen LogP contribution in [0.4, 0.5) is 5.69 Å². The number of hydrogen-bond acceptors (Lipinski definition) is 5. The Kier molecular flexibility index (Phi) is 8.24. The molecule has 0 aliphatic carbocycles. The van der Waals surface area contributed by atoms with Crippen LogP contribution in [0.25, 0.3) is 16.6 Å². The lowest BCUT2D eigenvalue weighted by Crippen LogP contribution is -2.46. The van der Waals surface area contributed by atoms with Crippen molar-refractivity contribution in [2.75, 3.05) is 18.1 Å². The molecule has 3 heterocycles. The largest absolute Gasteiger partial charge is 0.432 e. The number of amides is 1. The number of nitrogens with zero attached hydrogens (tertiary/aromatic N) is 2. The molecule has 42 heavy (non-hydrogen) atoms. The molecule has 9 heteroatoms. The van der Waals surface area contributed by atoms with Gasteiger partial charge < -0.3 is 19.5 Å². The lowest BCUT2D eigenvalue weighted by atomic mass is 9.82. The lowest BCUT2D eigenvalue weighted by molar-refractivity contribution is -0.146. The van der Waals surface area contributed by atoms with E-state index in [2.05, 4.69) is 38.0 Å². The first kappa shape index (κ1) is 30.2. The number of para-hydroxylation sites is 1. The van der Waals surface area contributed by atoms with Crippen LogP contribution in [0, 0.1) is 5.92 Å². The molecule has 2 aliphatic heterocycles. The normalized spacial score (nSPS) is 24.2. The van der Waals surface area contributed by atoms with Crippen molar-refractivity contribution < 1.29 is 19.4 Å². The van der Waals surface area contributed by atoms with Crippen molar-refractivity contribution in [1.29, 1.82) is 0 Å². The SMILES string of the molecule is CC(C)=CCC/C(C)=C/CN1C(=O)[C@@]2(O[C@@H](CCO)[C@H]([Si](C)(C)O)[C@H]2C)c2cc(-n3[nH]c4ccccc4c3=O)ccc21. The van der Waals surface area contributed by atoms with Crippen LogP contribution in [0.15, 0.2) is 70.6 Å². The minimum atomic E-state index is -2.81. The number of anilines is 1. The highest BCUT2D eigenvalue weighted by molar-refractivity contribution is 6.71. The van der Waals surface area contributed by atoms with E-state index >= 15 is 0 Å². The van der Waals surface area contributed by atoms with Gasteiger partial charge in [0.15, 0.2) is 13.9 Å². The maximum atomic E-state index is 14.5. The van der Waals surface area contributed by atoms with Crippen molar-refractivity contribution in [1.82, 2.24) is 9.78 Å². The molecule has 0 bridgehead atoms. The number of benzene rings is 2. The Labute approximate surface area is 248 Å². The molecule has 3 N–H and O–H groups in total. The van der Waals surface area contributed by atoms with Gasteiger partial charge in [0.05, 0.1) is 28.4 Å². The molecular weight excluding hydrogens is 546 g/mol. The summed E-state index contributed by atoms with van der Waals surface area (Å²) in [4.78, 5) is 41.0. The number of carbonyl (C=O) groups is 1. The number of aliphatic hydroxyl groups excluding tert-OH is 1. The second-order valence-corrected chi connectivity index (χ2v) is 16.6. The Hall–Kier alpha value is -3.24. The number of ether oxygens (including phenoxy) is 1. The molecule has 8 nitrogen and oxygen atoms in total. The number of carbonyl (C=O) groups excluding carboxylic acids is 1. The molecule has 1 spiro atoms.